The highest BCUT2D eigenvalue weighted by molar-refractivity contribution is 6.14. The number of fused-ring (bicyclic) bond motifs is 12. The number of rotatable bonds is 6. The van der Waals surface area contributed by atoms with Crippen molar-refractivity contribution in [2.75, 3.05) is 45.8 Å². The Morgan fingerprint density at radius 1 is 0.424 bits per heavy atom. The minimum Gasteiger partial charge on any atom is -0.443 e. The van der Waals surface area contributed by atoms with E-state index in [2.05, 4.69) is 29.4 Å². The number of nitrogens with zero attached hydrogens (tertiary/aromatic N) is 4. The monoisotopic (exact) mass is 1280 g/mol. The zero-order valence-corrected chi connectivity index (χ0v) is 48.8. The predicted molar refractivity (Wildman–Crippen MR) is 314 cm³/mol. The maximum atomic E-state index is 14.2. The smallest absolute Gasteiger partial charge is 0.414 e. The lowest BCUT2D eigenvalue weighted by molar-refractivity contribution is 0.0582. The van der Waals surface area contributed by atoms with Crippen LogP contribution in [0.1, 0.15) is 96.1 Å². The number of hydrogen-bond donors (Lipinski definition) is 5. The quantitative estimate of drug-likeness (QED) is 0.0350. The standard InChI is InChI=1S/C41H28F5N7O5.C23H19F5N2O4/c1-16-12-30-19(7-10-52(30)38(54)25-13-20-18-8-11-53(41(47)57)29(18)5-3-23(20)48-25)22-15-26(50-36(16)22)39(55)51-9-6-17-21-14-27(49-24(21)2-4-28(17)51)40(56)58-37-34(45)32(43)31(42)33(44)35(37)46;1-9-7-13-10(5-6-30(13)22(32)34-23(2,3)4)11-8-12(29-19(9)11)21(31)33-20-17(27)15(25)14(24)16(26)18(20)28/h2-5,12-15,48-50H,6-11H2,1H3,(H2,47,57);7-8,29H,5-6H2,1-4H3. The molecule has 6 aromatic carbocycles. The van der Waals surface area contributed by atoms with Gasteiger partial charge in [-0.15, -0.1) is 0 Å². The third kappa shape index (κ3) is 9.64. The lowest BCUT2D eigenvalue weighted by Gasteiger charge is -2.25. The SMILES string of the molecule is Cc1cc2c(c3cc(C(=O)N4CCc5c4ccc4[nH]c(C(=O)Oc6c(F)c(F)c(F)c(F)c6F)cc54)[nH]c13)CCN2C(=O)c1cc2c3c(ccc2[nH]1)N(C(N)=O)CC3.Cc1cc2c(c3cc(C(=O)Oc4c(F)c(F)c(F)c(F)c4F)[nH]c13)CCN2C(=O)OC(C)(C)C. The summed E-state index contributed by atoms with van der Waals surface area (Å²) in [5.41, 5.74) is 14.8. The Balaban J connectivity index is 0.000000194. The number of amides is 5. The van der Waals surface area contributed by atoms with Gasteiger partial charge in [0.2, 0.25) is 69.7 Å². The van der Waals surface area contributed by atoms with Gasteiger partial charge in [0.1, 0.15) is 28.4 Å². The summed E-state index contributed by atoms with van der Waals surface area (Å²) in [7, 11) is 0. The fraction of sp³-hybridized carbons (Fsp3) is 0.219. The molecular formula is C64H47F10N9O9. The number of hydrogen-bond acceptors (Lipinski definition) is 9. The number of esters is 2. The van der Waals surface area contributed by atoms with Crippen LogP contribution in [0.25, 0.3) is 43.6 Å². The van der Waals surface area contributed by atoms with Crippen LogP contribution >= 0.6 is 0 Å². The number of urea groups is 1. The molecule has 0 fully saturated rings. The summed E-state index contributed by atoms with van der Waals surface area (Å²) in [6, 6.07) is 16.4. The van der Waals surface area contributed by atoms with Crippen molar-refractivity contribution >= 4 is 102 Å². The second kappa shape index (κ2) is 21.7. The maximum Gasteiger partial charge on any atom is 0.414 e. The number of aromatic nitrogens is 4. The topological polar surface area (TPSA) is 232 Å². The number of H-pyrrole nitrogens is 4. The Labute approximate surface area is 511 Å². The highest BCUT2D eigenvalue weighted by Crippen LogP contribution is 2.43. The van der Waals surface area contributed by atoms with E-state index in [0.29, 0.717) is 101 Å². The minimum absolute atomic E-state index is 0.210. The molecule has 0 aliphatic carbocycles. The van der Waals surface area contributed by atoms with Gasteiger partial charge in [-0.2, -0.15) is 17.6 Å². The molecule has 0 bridgehead atoms. The van der Waals surface area contributed by atoms with Gasteiger partial charge in [-0.3, -0.25) is 19.4 Å². The molecular weight excluding hydrogens is 1230 g/mol. The Bertz CT molecular complexity index is 4910. The molecule has 92 heavy (non-hydrogen) atoms. The van der Waals surface area contributed by atoms with E-state index in [0.717, 1.165) is 55.4 Å². The first-order valence-corrected chi connectivity index (χ1v) is 28.4. The van der Waals surface area contributed by atoms with Gasteiger partial charge in [-0.1, -0.05) is 0 Å². The molecule has 4 aliphatic heterocycles. The Kier molecular flexibility index (Phi) is 14.2. The zero-order chi connectivity index (χ0) is 65.6. The van der Waals surface area contributed by atoms with Crippen LogP contribution in [0.5, 0.6) is 11.5 Å². The normalized spacial score (nSPS) is 14.1. The molecule has 472 valence electrons. The second-order valence-electron chi connectivity index (χ2n) is 23.4. The van der Waals surface area contributed by atoms with Crippen LogP contribution in [-0.2, 0) is 30.4 Å². The molecule has 0 saturated heterocycles. The van der Waals surface area contributed by atoms with Crippen molar-refractivity contribution in [2.24, 2.45) is 5.73 Å². The third-order valence-electron chi connectivity index (χ3n) is 16.7. The van der Waals surface area contributed by atoms with Gasteiger partial charge in [-0.05, 0) is 154 Å². The largest absolute Gasteiger partial charge is 0.443 e. The summed E-state index contributed by atoms with van der Waals surface area (Å²) in [5, 5.41) is 2.72. The van der Waals surface area contributed by atoms with Crippen LogP contribution in [-0.4, -0.2) is 87.6 Å². The molecule has 14 rings (SSSR count). The number of carbonyl (C=O) groups is 6. The molecule has 5 amide bonds. The fourth-order valence-corrected chi connectivity index (χ4v) is 12.5. The van der Waals surface area contributed by atoms with E-state index in [1.807, 2.05) is 31.2 Å². The van der Waals surface area contributed by atoms with Gasteiger partial charge >= 0.3 is 24.1 Å². The molecule has 6 N–H and O–H groups in total. The van der Waals surface area contributed by atoms with Gasteiger partial charge < -0.3 is 49.7 Å². The van der Waals surface area contributed by atoms with Crippen molar-refractivity contribution in [3.63, 3.8) is 0 Å². The van der Waals surface area contributed by atoms with Gasteiger partial charge in [0.05, 0.1) is 5.69 Å². The number of benzene rings is 6. The molecule has 0 spiro atoms. The maximum absolute atomic E-state index is 14.2. The minimum atomic E-state index is -2.38. The van der Waals surface area contributed by atoms with Crippen molar-refractivity contribution in [3.05, 3.63) is 175 Å². The van der Waals surface area contributed by atoms with E-state index < -0.39 is 99.3 Å². The molecule has 4 aromatic heterocycles. The summed E-state index contributed by atoms with van der Waals surface area (Å²) in [6.45, 7) is 10.3. The Hall–Kier alpha value is -10.8. The van der Waals surface area contributed by atoms with Gasteiger partial charge in [0.15, 0.2) is 0 Å². The molecule has 0 radical (unpaired) electrons. The number of nitrogens with two attached hydrogens (primary N) is 1. The molecule has 8 heterocycles. The van der Waals surface area contributed by atoms with Crippen LogP contribution in [0, 0.1) is 72.0 Å². The summed E-state index contributed by atoms with van der Waals surface area (Å²) in [5.74, 6) is -29.5. The number of aromatic amines is 4. The summed E-state index contributed by atoms with van der Waals surface area (Å²) in [6.07, 6.45) is 1.46. The zero-order valence-electron chi connectivity index (χ0n) is 48.8. The van der Waals surface area contributed by atoms with Gasteiger partial charge in [-0.25, -0.2) is 45.5 Å². The molecule has 4 aliphatic rings. The van der Waals surface area contributed by atoms with Crippen molar-refractivity contribution in [1.82, 2.24) is 19.9 Å². The summed E-state index contributed by atoms with van der Waals surface area (Å²) in [4.78, 5) is 96.4. The number of ether oxygens (including phenoxy) is 3. The lowest BCUT2D eigenvalue weighted by Crippen LogP contribution is -2.35. The van der Waals surface area contributed by atoms with Crippen LogP contribution in [0.2, 0.25) is 0 Å². The Morgan fingerprint density at radius 3 is 1.23 bits per heavy atom. The molecule has 18 nitrogen and oxygen atoms in total. The highest BCUT2D eigenvalue weighted by atomic mass is 19.2. The van der Waals surface area contributed by atoms with E-state index in [1.165, 1.54) is 21.9 Å². The van der Waals surface area contributed by atoms with E-state index in [1.54, 1.807) is 61.8 Å². The first-order valence-electron chi connectivity index (χ1n) is 28.4. The van der Waals surface area contributed by atoms with E-state index in [9.17, 15) is 72.7 Å². The molecule has 28 heteroatoms. The van der Waals surface area contributed by atoms with Crippen LogP contribution in [0.4, 0.5) is 76.2 Å². The molecule has 0 unspecified atom stereocenters. The number of primary amides is 1. The van der Waals surface area contributed by atoms with E-state index in [4.69, 9.17) is 10.5 Å². The number of nitrogens with one attached hydrogen (secondary N) is 4. The third-order valence-corrected chi connectivity index (χ3v) is 16.7. The van der Waals surface area contributed by atoms with Crippen LogP contribution < -0.4 is 34.8 Å². The summed E-state index contributed by atoms with van der Waals surface area (Å²) >= 11 is 0. The van der Waals surface area contributed by atoms with Crippen molar-refractivity contribution in [1.29, 1.82) is 0 Å². The number of halogens is 10. The van der Waals surface area contributed by atoms with Crippen molar-refractivity contribution in [3.8, 4) is 11.5 Å². The van der Waals surface area contributed by atoms with Crippen molar-refractivity contribution < 1.29 is 86.9 Å². The van der Waals surface area contributed by atoms with Crippen LogP contribution in [0.3, 0.4) is 0 Å². The average molecular weight is 1280 g/mol. The van der Waals surface area contributed by atoms with E-state index >= 15 is 0 Å². The van der Waals surface area contributed by atoms with Crippen LogP contribution in [0.15, 0.2) is 60.7 Å². The molecule has 10 aromatic rings. The van der Waals surface area contributed by atoms with Gasteiger partial charge in [0.25, 0.3) is 11.8 Å². The number of aryl methyl sites for hydroxylation is 2. The lowest BCUT2D eigenvalue weighted by atomic mass is 10.0. The predicted octanol–water partition coefficient (Wildman–Crippen LogP) is 12.9. The fourth-order valence-electron chi connectivity index (χ4n) is 12.5. The van der Waals surface area contributed by atoms with E-state index in [-0.39, 0.29) is 29.7 Å². The van der Waals surface area contributed by atoms with Gasteiger partial charge in [0, 0.05) is 86.9 Å². The average Bonchev–Trinajstić information content (AvgIpc) is 1.62. The Morgan fingerprint density at radius 2 is 0.761 bits per heavy atom. The summed E-state index contributed by atoms with van der Waals surface area (Å²) < 4.78 is 152. The number of carbonyl (C=O) groups excluding carboxylic acids is 6. The second-order valence-corrected chi connectivity index (χ2v) is 23.4. The first-order chi connectivity index (χ1) is 43.6. The van der Waals surface area contributed by atoms with Crippen molar-refractivity contribution in [2.45, 2.75) is 65.9 Å². The number of anilines is 4. The highest BCUT2D eigenvalue weighted by Gasteiger charge is 2.37. The molecule has 0 saturated carbocycles. The first kappa shape index (κ1) is 60.1. The molecule has 0 atom stereocenters.